The summed E-state index contributed by atoms with van der Waals surface area (Å²) in [5.74, 6) is 0.344. The fourth-order valence-corrected chi connectivity index (χ4v) is 3.68. The summed E-state index contributed by atoms with van der Waals surface area (Å²) < 4.78 is 26.7. The molecule has 0 bridgehead atoms. The third kappa shape index (κ3) is 2.78. The number of rotatable bonds is 4. The normalized spacial score (nSPS) is 11.8. The van der Waals surface area contributed by atoms with Crippen molar-refractivity contribution in [3.8, 4) is 0 Å². The van der Waals surface area contributed by atoms with Gasteiger partial charge < -0.3 is 5.73 Å². The number of aromatic nitrogens is 2. The van der Waals surface area contributed by atoms with Crippen molar-refractivity contribution in [3.63, 3.8) is 0 Å². The number of nitrogen functional groups attached to an aromatic ring is 1. The van der Waals surface area contributed by atoms with Crippen molar-refractivity contribution in [2.45, 2.75) is 10.8 Å². The smallest absolute Gasteiger partial charge is 0.250 e. The van der Waals surface area contributed by atoms with E-state index in [4.69, 9.17) is 17.3 Å². The number of halogens is 1. The van der Waals surface area contributed by atoms with Crippen LogP contribution in [0.4, 0.5) is 5.82 Å². The molecule has 0 saturated heterocycles. The van der Waals surface area contributed by atoms with Gasteiger partial charge in [0, 0.05) is 12.1 Å². The molecule has 92 valence electrons. The summed E-state index contributed by atoms with van der Waals surface area (Å²) in [6.07, 6.45) is 1.47. The molecule has 4 N–H and O–H groups in total. The molecule has 0 fully saturated rings. The van der Waals surface area contributed by atoms with E-state index < -0.39 is 10.0 Å². The van der Waals surface area contributed by atoms with Crippen LogP contribution >= 0.6 is 22.9 Å². The predicted octanol–water partition coefficient (Wildman–Crippen LogP) is 1.19. The van der Waals surface area contributed by atoms with Crippen molar-refractivity contribution in [3.05, 3.63) is 28.2 Å². The van der Waals surface area contributed by atoms with Crippen LogP contribution in [0.3, 0.4) is 0 Å². The lowest BCUT2D eigenvalue weighted by molar-refractivity contribution is 0.583. The Hall–Kier alpha value is -1.09. The van der Waals surface area contributed by atoms with Crippen molar-refractivity contribution in [2.75, 3.05) is 5.73 Å². The SMILES string of the molecule is Nc1[nH]ncc1CNS(=O)(=O)c1ccc(Cl)s1. The molecule has 9 heteroatoms. The van der Waals surface area contributed by atoms with Crippen molar-refractivity contribution < 1.29 is 8.42 Å². The van der Waals surface area contributed by atoms with Crippen molar-refractivity contribution in [2.24, 2.45) is 0 Å². The van der Waals surface area contributed by atoms with Crippen LogP contribution < -0.4 is 10.5 Å². The van der Waals surface area contributed by atoms with Gasteiger partial charge >= 0.3 is 0 Å². The maximum Gasteiger partial charge on any atom is 0.250 e. The van der Waals surface area contributed by atoms with Gasteiger partial charge in [-0.1, -0.05) is 11.6 Å². The largest absolute Gasteiger partial charge is 0.384 e. The number of thiophene rings is 1. The second-order valence-electron chi connectivity index (χ2n) is 3.19. The zero-order valence-corrected chi connectivity index (χ0v) is 10.9. The molecule has 0 unspecified atom stereocenters. The molecular formula is C8H9ClN4O2S2. The van der Waals surface area contributed by atoms with Gasteiger partial charge in [0.15, 0.2) is 0 Å². The molecule has 2 heterocycles. The average Bonchev–Trinajstić information content (AvgIpc) is 2.85. The van der Waals surface area contributed by atoms with E-state index >= 15 is 0 Å². The van der Waals surface area contributed by atoms with Gasteiger partial charge in [-0.2, -0.15) is 5.10 Å². The van der Waals surface area contributed by atoms with Crippen LogP contribution in [0.2, 0.25) is 4.34 Å². The van der Waals surface area contributed by atoms with E-state index in [9.17, 15) is 8.42 Å². The molecule has 17 heavy (non-hydrogen) atoms. The average molecular weight is 293 g/mol. The number of aromatic amines is 1. The Bertz CT molecular complexity index is 619. The zero-order valence-electron chi connectivity index (χ0n) is 8.47. The summed E-state index contributed by atoms with van der Waals surface area (Å²) in [4.78, 5) is 0. The van der Waals surface area contributed by atoms with E-state index in [1.54, 1.807) is 0 Å². The molecule has 0 spiro atoms. The highest BCUT2D eigenvalue weighted by molar-refractivity contribution is 7.91. The number of H-pyrrole nitrogens is 1. The first-order chi connectivity index (χ1) is 7.99. The summed E-state index contributed by atoms with van der Waals surface area (Å²) >= 11 is 6.68. The summed E-state index contributed by atoms with van der Waals surface area (Å²) in [6.45, 7) is 0.0835. The summed E-state index contributed by atoms with van der Waals surface area (Å²) in [6, 6.07) is 2.99. The highest BCUT2D eigenvalue weighted by atomic mass is 35.5. The summed E-state index contributed by atoms with van der Waals surface area (Å²) in [5.41, 5.74) is 6.14. The Morgan fingerprint density at radius 2 is 2.29 bits per heavy atom. The van der Waals surface area contributed by atoms with E-state index in [1.165, 1.54) is 18.3 Å². The molecule has 0 radical (unpaired) electrons. The second kappa shape index (κ2) is 4.65. The standard InChI is InChI=1S/C8H9ClN4O2S2/c9-6-1-2-7(16-6)17(14,15)12-4-5-3-11-13-8(5)10/h1-3,12H,4H2,(H3,10,11,13). The lowest BCUT2D eigenvalue weighted by atomic mass is 10.3. The van der Waals surface area contributed by atoms with E-state index in [2.05, 4.69) is 14.9 Å². The van der Waals surface area contributed by atoms with Crippen LogP contribution in [0.15, 0.2) is 22.5 Å². The van der Waals surface area contributed by atoms with E-state index in [-0.39, 0.29) is 10.8 Å². The fraction of sp³-hybridized carbons (Fsp3) is 0.125. The molecule has 2 rings (SSSR count). The van der Waals surface area contributed by atoms with Crippen molar-refractivity contribution >= 4 is 38.8 Å². The van der Waals surface area contributed by atoms with Gasteiger partial charge in [0.25, 0.3) is 0 Å². The Labute approximate surface area is 107 Å². The minimum Gasteiger partial charge on any atom is -0.384 e. The van der Waals surface area contributed by atoms with Crippen molar-refractivity contribution in [1.29, 1.82) is 0 Å². The van der Waals surface area contributed by atoms with Gasteiger partial charge in [-0.15, -0.1) is 11.3 Å². The van der Waals surface area contributed by atoms with Crippen LogP contribution in [0.5, 0.6) is 0 Å². The van der Waals surface area contributed by atoms with E-state index in [0.717, 1.165) is 11.3 Å². The number of nitrogens with two attached hydrogens (primary N) is 1. The third-order valence-electron chi connectivity index (χ3n) is 2.02. The molecule has 0 aliphatic carbocycles. The second-order valence-corrected chi connectivity index (χ2v) is 6.90. The van der Waals surface area contributed by atoms with Gasteiger partial charge in [-0.3, -0.25) is 5.10 Å². The fourth-order valence-electron chi connectivity index (χ4n) is 1.15. The third-order valence-corrected chi connectivity index (χ3v) is 5.14. The van der Waals surface area contributed by atoms with Gasteiger partial charge in [0.05, 0.1) is 10.5 Å². The first-order valence-electron chi connectivity index (χ1n) is 4.52. The monoisotopic (exact) mass is 292 g/mol. The first kappa shape index (κ1) is 12.4. The molecule has 0 aromatic carbocycles. The minimum absolute atomic E-state index is 0.0835. The lowest BCUT2D eigenvalue weighted by Crippen LogP contribution is -2.22. The van der Waals surface area contributed by atoms with E-state index in [1.807, 2.05) is 0 Å². The first-order valence-corrected chi connectivity index (χ1v) is 7.19. The van der Waals surface area contributed by atoms with Gasteiger partial charge in [0.1, 0.15) is 10.0 Å². The molecule has 2 aromatic rings. The maximum atomic E-state index is 11.8. The Kier molecular flexibility index (Phi) is 3.38. The highest BCUT2D eigenvalue weighted by Gasteiger charge is 2.16. The molecular weight excluding hydrogens is 284 g/mol. The maximum absolute atomic E-state index is 11.8. The van der Waals surface area contributed by atoms with E-state index in [0.29, 0.717) is 15.7 Å². The molecule has 2 aromatic heterocycles. The quantitative estimate of drug-likeness (QED) is 0.788. The van der Waals surface area contributed by atoms with Crippen molar-refractivity contribution in [1.82, 2.24) is 14.9 Å². The number of anilines is 1. The van der Waals surface area contributed by atoms with Gasteiger partial charge in [0.2, 0.25) is 10.0 Å². The highest BCUT2D eigenvalue weighted by Crippen LogP contribution is 2.25. The molecule has 0 atom stereocenters. The van der Waals surface area contributed by atoms with Crippen LogP contribution in [0, 0.1) is 0 Å². The number of nitrogens with zero attached hydrogens (tertiary/aromatic N) is 1. The number of nitrogens with one attached hydrogen (secondary N) is 2. The lowest BCUT2D eigenvalue weighted by Gasteiger charge is -2.03. The summed E-state index contributed by atoms with van der Waals surface area (Å²) in [5, 5.41) is 6.22. The predicted molar refractivity (Wildman–Crippen MR) is 66.4 cm³/mol. The molecule has 0 aliphatic heterocycles. The van der Waals surface area contributed by atoms with Crippen LogP contribution in [-0.4, -0.2) is 18.6 Å². The van der Waals surface area contributed by atoms with Gasteiger partial charge in [-0.25, -0.2) is 13.1 Å². The molecule has 0 amide bonds. The zero-order chi connectivity index (χ0) is 12.5. The van der Waals surface area contributed by atoms with Crippen LogP contribution in [0.1, 0.15) is 5.56 Å². The molecule has 0 saturated carbocycles. The van der Waals surface area contributed by atoms with Crippen LogP contribution in [0.25, 0.3) is 0 Å². The Morgan fingerprint density at radius 1 is 1.53 bits per heavy atom. The molecule has 0 aliphatic rings. The number of hydrogen-bond donors (Lipinski definition) is 3. The van der Waals surface area contributed by atoms with Gasteiger partial charge in [-0.05, 0) is 12.1 Å². The Morgan fingerprint density at radius 3 is 2.82 bits per heavy atom. The topological polar surface area (TPSA) is 101 Å². The number of hydrogen-bond acceptors (Lipinski definition) is 5. The van der Waals surface area contributed by atoms with Crippen LogP contribution in [-0.2, 0) is 16.6 Å². The Balaban J connectivity index is 2.11. The minimum atomic E-state index is -3.55. The molecule has 6 nitrogen and oxygen atoms in total. The number of sulfonamides is 1. The summed E-state index contributed by atoms with van der Waals surface area (Å²) in [7, 11) is -3.55.